The quantitative estimate of drug-likeness (QED) is 0.834. The maximum atomic E-state index is 13.9. The summed E-state index contributed by atoms with van der Waals surface area (Å²) in [5.74, 6) is -0.643. The van der Waals surface area contributed by atoms with Crippen molar-refractivity contribution in [3.05, 3.63) is 42.0 Å². The van der Waals surface area contributed by atoms with E-state index in [0.29, 0.717) is 18.8 Å². The van der Waals surface area contributed by atoms with E-state index >= 15 is 0 Å². The van der Waals surface area contributed by atoms with Crippen molar-refractivity contribution in [2.45, 2.75) is 19.0 Å². The van der Waals surface area contributed by atoms with Crippen molar-refractivity contribution in [3.8, 4) is 5.69 Å². The zero-order valence-corrected chi connectivity index (χ0v) is 13.3. The van der Waals surface area contributed by atoms with Crippen molar-refractivity contribution in [3.63, 3.8) is 0 Å². The van der Waals surface area contributed by atoms with Gasteiger partial charge in [-0.15, -0.1) is 0 Å². The molecular formula is C14H16F2N4O2S. The van der Waals surface area contributed by atoms with E-state index in [4.69, 9.17) is 0 Å². The van der Waals surface area contributed by atoms with E-state index in [2.05, 4.69) is 10.1 Å². The molecule has 1 aromatic heterocycles. The molecule has 3 rings (SSSR count). The minimum Gasteiger partial charge on any atom is -0.295 e. The fraction of sp³-hybridized carbons (Fsp3) is 0.429. The summed E-state index contributed by atoms with van der Waals surface area (Å²) in [7, 11) is -1.18. The molecule has 1 saturated heterocycles. The van der Waals surface area contributed by atoms with Crippen LogP contribution in [0.4, 0.5) is 8.78 Å². The molecule has 1 aliphatic heterocycles. The summed E-state index contributed by atoms with van der Waals surface area (Å²) >= 11 is 0. The molecule has 0 bridgehead atoms. The zero-order valence-electron chi connectivity index (χ0n) is 12.5. The van der Waals surface area contributed by atoms with E-state index in [0.717, 1.165) is 12.1 Å². The molecule has 9 heteroatoms. The largest absolute Gasteiger partial charge is 0.295 e. The highest BCUT2D eigenvalue weighted by Gasteiger charge is 2.31. The van der Waals surface area contributed by atoms with Crippen LogP contribution < -0.4 is 0 Å². The SMILES string of the molecule is CN(Cc1ncnn1-c1ccc(F)cc1F)C1CCS(=O)(=O)C1. The molecule has 0 spiro atoms. The molecule has 0 aliphatic carbocycles. The number of benzene rings is 1. The minimum atomic E-state index is -2.98. The highest BCUT2D eigenvalue weighted by Crippen LogP contribution is 2.20. The van der Waals surface area contributed by atoms with Crippen molar-refractivity contribution >= 4 is 9.84 Å². The van der Waals surface area contributed by atoms with E-state index < -0.39 is 21.5 Å². The molecule has 0 amide bonds. The number of aromatic nitrogens is 3. The molecule has 0 N–H and O–H groups in total. The Bertz CT molecular complexity index is 822. The molecule has 1 aromatic carbocycles. The van der Waals surface area contributed by atoms with Gasteiger partial charge in [0.25, 0.3) is 0 Å². The van der Waals surface area contributed by atoms with Crippen LogP contribution in [0.15, 0.2) is 24.5 Å². The van der Waals surface area contributed by atoms with Gasteiger partial charge in [-0.2, -0.15) is 5.10 Å². The summed E-state index contributed by atoms with van der Waals surface area (Å²) in [5, 5.41) is 3.98. The first-order chi connectivity index (χ1) is 10.9. The summed E-state index contributed by atoms with van der Waals surface area (Å²) in [6.45, 7) is 0.316. The second-order valence-corrected chi connectivity index (χ2v) is 7.88. The predicted octanol–water partition coefficient (Wildman–Crippen LogP) is 1.16. The third-order valence-corrected chi connectivity index (χ3v) is 5.73. The Morgan fingerprint density at radius 1 is 1.39 bits per heavy atom. The van der Waals surface area contributed by atoms with Gasteiger partial charge in [0.1, 0.15) is 23.7 Å². The zero-order chi connectivity index (χ0) is 16.6. The smallest absolute Gasteiger partial charge is 0.151 e. The van der Waals surface area contributed by atoms with Gasteiger partial charge in [0, 0.05) is 12.1 Å². The van der Waals surface area contributed by atoms with E-state index in [1.54, 1.807) is 7.05 Å². The average molecular weight is 342 g/mol. The first kappa shape index (κ1) is 16.0. The van der Waals surface area contributed by atoms with Crippen LogP contribution in [0, 0.1) is 11.6 Å². The van der Waals surface area contributed by atoms with Crippen LogP contribution in [0.1, 0.15) is 12.2 Å². The van der Waals surface area contributed by atoms with Gasteiger partial charge >= 0.3 is 0 Å². The summed E-state index contributed by atoms with van der Waals surface area (Å²) < 4.78 is 51.4. The Hall–Kier alpha value is -1.87. The molecule has 2 heterocycles. The fourth-order valence-corrected chi connectivity index (χ4v) is 4.51. The highest BCUT2D eigenvalue weighted by molar-refractivity contribution is 7.91. The normalized spacial score (nSPS) is 20.3. The summed E-state index contributed by atoms with van der Waals surface area (Å²) in [6.07, 6.45) is 1.86. The van der Waals surface area contributed by atoms with Gasteiger partial charge in [-0.05, 0) is 25.6 Å². The third-order valence-electron chi connectivity index (χ3n) is 3.98. The Kier molecular flexibility index (Phi) is 4.15. The molecular weight excluding hydrogens is 326 g/mol. The van der Waals surface area contributed by atoms with E-state index in [-0.39, 0.29) is 23.2 Å². The molecule has 2 aromatic rings. The van der Waals surface area contributed by atoms with Crippen molar-refractivity contribution in [1.82, 2.24) is 19.7 Å². The van der Waals surface area contributed by atoms with Crippen LogP contribution in [-0.4, -0.2) is 52.7 Å². The minimum absolute atomic E-state index is 0.0942. The molecule has 0 saturated carbocycles. The molecule has 0 radical (unpaired) electrons. The lowest BCUT2D eigenvalue weighted by molar-refractivity contribution is 0.246. The highest BCUT2D eigenvalue weighted by atomic mass is 32.2. The predicted molar refractivity (Wildman–Crippen MR) is 79.8 cm³/mol. The number of sulfone groups is 1. The van der Waals surface area contributed by atoms with Gasteiger partial charge in [-0.25, -0.2) is 26.9 Å². The Labute approximate surface area is 132 Å². The summed E-state index contributed by atoms with van der Waals surface area (Å²) in [4.78, 5) is 5.97. The molecule has 1 fully saturated rings. The summed E-state index contributed by atoms with van der Waals surface area (Å²) in [6, 6.07) is 3.14. The first-order valence-corrected chi connectivity index (χ1v) is 8.93. The molecule has 6 nitrogen and oxygen atoms in total. The van der Waals surface area contributed by atoms with E-state index in [1.165, 1.54) is 17.1 Å². The van der Waals surface area contributed by atoms with Crippen LogP contribution in [-0.2, 0) is 16.4 Å². The van der Waals surface area contributed by atoms with Gasteiger partial charge in [-0.3, -0.25) is 4.90 Å². The Morgan fingerprint density at radius 2 is 2.17 bits per heavy atom. The van der Waals surface area contributed by atoms with E-state index in [1.807, 2.05) is 4.90 Å². The first-order valence-electron chi connectivity index (χ1n) is 7.11. The van der Waals surface area contributed by atoms with Crippen LogP contribution in [0.3, 0.4) is 0 Å². The van der Waals surface area contributed by atoms with Gasteiger partial charge in [0.2, 0.25) is 0 Å². The number of hydrogen-bond acceptors (Lipinski definition) is 5. The van der Waals surface area contributed by atoms with Crippen LogP contribution >= 0.6 is 0 Å². The van der Waals surface area contributed by atoms with Crippen LogP contribution in [0.25, 0.3) is 5.69 Å². The Morgan fingerprint density at radius 3 is 2.83 bits per heavy atom. The topological polar surface area (TPSA) is 68.1 Å². The van der Waals surface area contributed by atoms with Gasteiger partial charge < -0.3 is 0 Å². The third kappa shape index (κ3) is 3.40. The van der Waals surface area contributed by atoms with Gasteiger partial charge in [0.15, 0.2) is 15.7 Å². The molecule has 124 valence electrons. The van der Waals surface area contributed by atoms with Crippen molar-refractivity contribution in [2.24, 2.45) is 0 Å². The second kappa shape index (κ2) is 5.97. The lowest BCUT2D eigenvalue weighted by atomic mass is 10.2. The monoisotopic (exact) mass is 342 g/mol. The maximum absolute atomic E-state index is 13.9. The van der Waals surface area contributed by atoms with Crippen LogP contribution in [0.2, 0.25) is 0 Å². The standard InChI is InChI=1S/C14H16F2N4O2S/c1-19(11-4-5-23(21,22)8-11)7-14-17-9-18-20(14)13-3-2-10(15)6-12(13)16/h2-3,6,9,11H,4-5,7-8H2,1H3. The average Bonchev–Trinajstić information content (AvgIpc) is 3.05. The molecule has 1 aliphatic rings. The maximum Gasteiger partial charge on any atom is 0.151 e. The number of hydrogen-bond donors (Lipinski definition) is 0. The molecule has 23 heavy (non-hydrogen) atoms. The summed E-state index contributed by atoms with van der Waals surface area (Å²) in [5.41, 5.74) is 0.103. The lowest BCUT2D eigenvalue weighted by Crippen LogP contribution is -2.33. The van der Waals surface area contributed by atoms with E-state index in [9.17, 15) is 17.2 Å². The van der Waals surface area contributed by atoms with Crippen molar-refractivity contribution in [2.75, 3.05) is 18.6 Å². The number of halogens is 2. The molecule has 1 unspecified atom stereocenters. The number of rotatable bonds is 4. The van der Waals surface area contributed by atoms with Gasteiger partial charge in [-0.1, -0.05) is 0 Å². The number of nitrogens with zero attached hydrogens (tertiary/aromatic N) is 4. The lowest BCUT2D eigenvalue weighted by Gasteiger charge is -2.22. The van der Waals surface area contributed by atoms with Crippen molar-refractivity contribution < 1.29 is 17.2 Å². The van der Waals surface area contributed by atoms with Crippen LogP contribution in [0.5, 0.6) is 0 Å². The fourth-order valence-electron chi connectivity index (χ4n) is 2.70. The second-order valence-electron chi connectivity index (χ2n) is 5.66. The van der Waals surface area contributed by atoms with Gasteiger partial charge in [0.05, 0.1) is 18.1 Å². The Balaban J connectivity index is 1.81. The van der Waals surface area contributed by atoms with Crippen molar-refractivity contribution in [1.29, 1.82) is 0 Å². The molecule has 1 atom stereocenters.